The molecule has 0 aromatic rings. The van der Waals surface area contributed by atoms with Crippen LogP contribution in [0.3, 0.4) is 0 Å². The Kier molecular flexibility index (Phi) is 4.93. The van der Waals surface area contributed by atoms with E-state index in [1.165, 1.54) is 32.1 Å². The molecule has 0 atom stereocenters. The zero-order valence-corrected chi connectivity index (χ0v) is 8.68. The van der Waals surface area contributed by atoms with Crippen molar-refractivity contribution in [3.8, 4) is 12.3 Å². The largest absolute Gasteiger partial charge is 0.313 e. The molecule has 1 fully saturated rings. The Balaban J connectivity index is 2.07. The molecular formula is C12H21N. The molecule has 0 heterocycles. The fourth-order valence-corrected chi connectivity index (χ4v) is 2.12. The van der Waals surface area contributed by atoms with Crippen LogP contribution in [-0.4, -0.2) is 12.6 Å². The van der Waals surface area contributed by atoms with Crippen molar-refractivity contribution in [1.82, 2.24) is 5.32 Å². The molecule has 1 heteroatoms. The van der Waals surface area contributed by atoms with Crippen molar-refractivity contribution in [1.29, 1.82) is 0 Å². The van der Waals surface area contributed by atoms with E-state index in [2.05, 4.69) is 18.2 Å². The van der Waals surface area contributed by atoms with Gasteiger partial charge < -0.3 is 5.32 Å². The molecule has 1 rings (SSSR count). The predicted molar refractivity (Wildman–Crippen MR) is 57.5 cm³/mol. The second-order valence-corrected chi connectivity index (χ2v) is 4.03. The summed E-state index contributed by atoms with van der Waals surface area (Å²) in [4.78, 5) is 0. The van der Waals surface area contributed by atoms with E-state index in [9.17, 15) is 0 Å². The van der Waals surface area contributed by atoms with Crippen LogP contribution in [0.2, 0.25) is 0 Å². The van der Waals surface area contributed by atoms with Gasteiger partial charge in [-0.15, -0.1) is 12.3 Å². The van der Waals surface area contributed by atoms with Crippen LogP contribution < -0.4 is 5.32 Å². The molecule has 1 aliphatic carbocycles. The quantitative estimate of drug-likeness (QED) is 0.516. The lowest BCUT2D eigenvalue weighted by Crippen LogP contribution is -2.33. The third-order valence-electron chi connectivity index (χ3n) is 3.13. The second kappa shape index (κ2) is 6.05. The first-order chi connectivity index (χ1) is 6.36. The molecule has 0 saturated heterocycles. The SMILES string of the molecule is C#CCCNC1CCC(CC)CC1. The van der Waals surface area contributed by atoms with Gasteiger partial charge in [0.2, 0.25) is 0 Å². The third kappa shape index (κ3) is 3.83. The third-order valence-corrected chi connectivity index (χ3v) is 3.13. The number of hydrogen-bond acceptors (Lipinski definition) is 1. The number of rotatable bonds is 4. The van der Waals surface area contributed by atoms with Crippen molar-refractivity contribution in [2.24, 2.45) is 5.92 Å². The predicted octanol–water partition coefficient (Wildman–Crippen LogP) is 2.57. The molecule has 0 radical (unpaired) electrons. The average Bonchev–Trinajstić information content (AvgIpc) is 2.19. The van der Waals surface area contributed by atoms with Crippen LogP contribution in [0.25, 0.3) is 0 Å². The second-order valence-electron chi connectivity index (χ2n) is 4.03. The van der Waals surface area contributed by atoms with Crippen LogP contribution in [0.5, 0.6) is 0 Å². The Morgan fingerprint density at radius 2 is 2.00 bits per heavy atom. The highest BCUT2D eigenvalue weighted by Crippen LogP contribution is 2.26. The number of nitrogens with one attached hydrogen (secondary N) is 1. The Labute approximate surface area is 82.3 Å². The van der Waals surface area contributed by atoms with Crippen molar-refractivity contribution >= 4 is 0 Å². The normalized spacial score (nSPS) is 28.3. The average molecular weight is 179 g/mol. The number of terminal acetylenes is 1. The van der Waals surface area contributed by atoms with Crippen molar-refractivity contribution in [3.63, 3.8) is 0 Å². The summed E-state index contributed by atoms with van der Waals surface area (Å²) in [6.07, 6.45) is 12.9. The molecule has 1 aliphatic rings. The molecule has 0 amide bonds. The minimum atomic E-state index is 0.746. The maximum atomic E-state index is 5.20. The molecule has 13 heavy (non-hydrogen) atoms. The lowest BCUT2D eigenvalue weighted by atomic mass is 9.84. The van der Waals surface area contributed by atoms with Gasteiger partial charge in [-0.05, 0) is 31.6 Å². The summed E-state index contributed by atoms with van der Waals surface area (Å²) >= 11 is 0. The van der Waals surface area contributed by atoms with Gasteiger partial charge in [-0.1, -0.05) is 13.3 Å². The molecule has 1 N–H and O–H groups in total. The van der Waals surface area contributed by atoms with Crippen LogP contribution in [0.15, 0.2) is 0 Å². The summed E-state index contributed by atoms with van der Waals surface area (Å²) < 4.78 is 0. The standard InChI is InChI=1S/C12H21N/c1-3-5-10-13-12-8-6-11(4-2)7-9-12/h1,11-13H,4-10H2,2H3. The van der Waals surface area contributed by atoms with E-state index in [0.29, 0.717) is 0 Å². The van der Waals surface area contributed by atoms with Gasteiger partial charge in [-0.3, -0.25) is 0 Å². The molecular weight excluding hydrogens is 158 g/mol. The Morgan fingerprint density at radius 1 is 1.31 bits per heavy atom. The topological polar surface area (TPSA) is 12.0 Å². The van der Waals surface area contributed by atoms with Gasteiger partial charge in [0.05, 0.1) is 0 Å². The van der Waals surface area contributed by atoms with Crippen molar-refractivity contribution < 1.29 is 0 Å². The minimum absolute atomic E-state index is 0.746. The first-order valence-electron chi connectivity index (χ1n) is 5.53. The first-order valence-corrected chi connectivity index (χ1v) is 5.53. The highest BCUT2D eigenvalue weighted by molar-refractivity contribution is 4.85. The van der Waals surface area contributed by atoms with Gasteiger partial charge in [0.1, 0.15) is 0 Å². The van der Waals surface area contributed by atoms with Gasteiger partial charge in [0.25, 0.3) is 0 Å². The molecule has 0 aromatic carbocycles. The van der Waals surface area contributed by atoms with Crippen molar-refractivity contribution in [2.45, 2.75) is 51.5 Å². The van der Waals surface area contributed by atoms with Gasteiger partial charge in [-0.25, -0.2) is 0 Å². The summed E-state index contributed by atoms with van der Waals surface area (Å²) in [6.45, 7) is 3.30. The maximum Gasteiger partial charge on any atom is 0.0211 e. The summed E-state index contributed by atoms with van der Waals surface area (Å²) in [5, 5.41) is 3.52. The van der Waals surface area contributed by atoms with E-state index < -0.39 is 0 Å². The van der Waals surface area contributed by atoms with E-state index in [1.54, 1.807) is 0 Å². The maximum absolute atomic E-state index is 5.20. The van der Waals surface area contributed by atoms with E-state index in [-0.39, 0.29) is 0 Å². The molecule has 0 bridgehead atoms. The summed E-state index contributed by atoms with van der Waals surface area (Å²) in [5.41, 5.74) is 0. The molecule has 0 aromatic heterocycles. The van der Waals surface area contributed by atoms with Gasteiger partial charge in [0, 0.05) is 19.0 Å². The molecule has 0 unspecified atom stereocenters. The van der Waals surface area contributed by atoms with Gasteiger partial charge >= 0.3 is 0 Å². The van der Waals surface area contributed by atoms with Crippen molar-refractivity contribution in [3.05, 3.63) is 0 Å². The van der Waals surface area contributed by atoms with Crippen LogP contribution in [0.4, 0.5) is 0 Å². The van der Waals surface area contributed by atoms with Crippen LogP contribution in [0.1, 0.15) is 45.4 Å². The zero-order valence-electron chi connectivity index (χ0n) is 8.68. The fourth-order valence-electron chi connectivity index (χ4n) is 2.12. The monoisotopic (exact) mass is 179 g/mol. The van der Waals surface area contributed by atoms with E-state index in [4.69, 9.17) is 6.42 Å². The van der Waals surface area contributed by atoms with Crippen LogP contribution >= 0.6 is 0 Å². The summed E-state index contributed by atoms with van der Waals surface area (Å²) in [7, 11) is 0. The van der Waals surface area contributed by atoms with Gasteiger partial charge in [0.15, 0.2) is 0 Å². The minimum Gasteiger partial charge on any atom is -0.313 e. The van der Waals surface area contributed by atoms with Crippen molar-refractivity contribution in [2.75, 3.05) is 6.54 Å². The van der Waals surface area contributed by atoms with Crippen LogP contribution in [0, 0.1) is 18.3 Å². The van der Waals surface area contributed by atoms with E-state index >= 15 is 0 Å². The fraction of sp³-hybridized carbons (Fsp3) is 0.833. The molecule has 1 saturated carbocycles. The molecule has 0 aliphatic heterocycles. The first kappa shape index (κ1) is 10.6. The van der Waals surface area contributed by atoms with Gasteiger partial charge in [-0.2, -0.15) is 0 Å². The highest BCUT2D eigenvalue weighted by atomic mass is 14.9. The Hall–Kier alpha value is -0.480. The smallest absolute Gasteiger partial charge is 0.0211 e. The Morgan fingerprint density at radius 3 is 2.54 bits per heavy atom. The number of hydrogen-bond donors (Lipinski definition) is 1. The lowest BCUT2D eigenvalue weighted by molar-refractivity contribution is 0.288. The molecule has 74 valence electrons. The van der Waals surface area contributed by atoms with E-state index in [1.807, 2.05) is 0 Å². The van der Waals surface area contributed by atoms with Crippen LogP contribution in [-0.2, 0) is 0 Å². The Bertz CT molecular complexity index is 160. The van der Waals surface area contributed by atoms with E-state index in [0.717, 1.165) is 24.9 Å². The zero-order chi connectivity index (χ0) is 9.52. The molecule has 0 spiro atoms. The summed E-state index contributed by atoms with van der Waals surface area (Å²) in [5.74, 6) is 3.66. The summed E-state index contributed by atoms with van der Waals surface area (Å²) in [6, 6.07) is 0.746. The lowest BCUT2D eigenvalue weighted by Gasteiger charge is -2.28. The molecule has 1 nitrogen and oxygen atoms in total. The highest BCUT2D eigenvalue weighted by Gasteiger charge is 2.18.